The van der Waals surface area contributed by atoms with E-state index in [-0.39, 0.29) is 18.4 Å². The van der Waals surface area contributed by atoms with Crippen LogP contribution in [-0.4, -0.2) is 78.5 Å². The van der Waals surface area contributed by atoms with Crippen molar-refractivity contribution in [1.82, 2.24) is 15.0 Å². The van der Waals surface area contributed by atoms with Gasteiger partial charge in [0.1, 0.15) is 5.76 Å². The fraction of sp³-hybridized carbons (Fsp3) is 0.750. The lowest BCUT2D eigenvalue weighted by Gasteiger charge is -2.30. The molecule has 0 spiro atoms. The minimum absolute atomic E-state index is 0.0884. The van der Waals surface area contributed by atoms with Crippen LogP contribution in [0.2, 0.25) is 5.15 Å². The molecule has 8 heteroatoms. The maximum absolute atomic E-state index is 12.4. The van der Waals surface area contributed by atoms with Crippen molar-refractivity contribution in [1.29, 1.82) is 0 Å². The summed E-state index contributed by atoms with van der Waals surface area (Å²) in [5, 5.41) is 13.6. The molecule has 2 aliphatic rings. The van der Waals surface area contributed by atoms with Gasteiger partial charge < -0.3 is 19.3 Å². The second kappa shape index (κ2) is 8.29. The normalized spacial score (nSPS) is 25.3. The Morgan fingerprint density at radius 1 is 1.33 bits per heavy atom. The average molecular weight is 358 g/mol. The second-order valence-corrected chi connectivity index (χ2v) is 6.92. The predicted molar refractivity (Wildman–Crippen MR) is 87.7 cm³/mol. The summed E-state index contributed by atoms with van der Waals surface area (Å²) >= 11 is 5.71. The van der Waals surface area contributed by atoms with Gasteiger partial charge >= 0.3 is 0 Å². The van der Waals surface area contributed by atoms with E-state index < -0.39 is 0 Å². The van der Waals surface area contributed by atoms with Crippen LogP contribution in [0.4, 0.5) is 0 Å². The summed E-state index contributed by atoms with van der Waals surface area (Å²) in [6.07, 6.45) is 0.862. The minimum atomic E-state index is 0.0884. The highest BCUT2D eigenvalue weighted by Gasteiger charge is 2.35. The molecule has 7 nitrogen and oxygen atoms in total. The summed E-state index contributed by atoms with van der Waals surface area (Å²) in [5.74, 6) is 1.18. The predicted octanol–water partition coefficient (Wildman–Crippen LogP) is 0.660. The Morgan fingerprint density at radius 2 is 2.08 bits per heavy atom. The van der Waals surface area contributed by atoms with E-state index in [1.165, 1.54) is 0 Å². The number of likely N-dealkylation sites (tertiary alicyclic amines) is 1. The molecule has 3 heterocycles. The third kappa shape index (κ3) is 4.47. The molecular formula is C16H24ClN3O4. The zero-order valence-corrected chi connectivity index (χ0v) is 14.5. The molecule has 134 valence electrons. The van der Waals surface area contributed by atoms with Crippen LogP contribution in [0.3, 0.4) is 0 Å². The fourth-order valence-corrected chi connectivity index (χ4v) is 3.62. The summed E-state index contributed by atoms with van der Waals surface area (Å²) in [6.45, 7) is 5.74. The first-order chi connectivity index (χ1) is 11.7. The summed E-state index contributed by atoms with van der Waals surface area (Å²) in [7, 11) is 0. The number of aryl methyl sites for hydroxylation is 1. The lowest BCUT2D eigenvalue weighted by atomic mass is 9.96. The van der Waals surface area contributed by atoms with Crippen LogP contribution < -0.4 is 0 Å². The third-order valence-corrected chi connectivity index (χ3v) is 5.05. The van der Waals surface area contributed by atoms with Crippen LogP contribution in [0.25, 0.3) is 0 Å². The van der Waals surface area contributed by atoms with Gasteiger partial charge in [0.05, 0.1) is 13.2 Å². The number of carbonyl (C=O) groups excluding carboxylic acids is 1. The highest BCUT2D eigenvalue weighted by Crippen LogP contribution is 2.25. The lowest BCUT2D eigenvalue weighted by Crippen LogP contribution is -2.41. The number of ether oxygens (including phenoxy) is 1. The van der Waals surface area contributed by atoms with Crippen molar-refractivity contribution in [2.75, 3.05) is 52.5 Å². The monoisotopic (exact) mass is 357 g/mol. The summed E-state index contributed by atoms with van der Waals surface area (Å²) in [5.41, 5.74) is 0. The van der Waals surface area contributed by atoms with Gasteiger partial charge in [0.25, 0.3) is 0 Å². The number of aliphatic hydroxyl groups is 1. The van der Waals surface area contributed by atoms with Gasteiger partial charge in [0.15, 0.2) is 5.15 Å². The number of rotatable bonds is 6. The zero-order valence-electron chi connectivity index (χ0n) is 13.7. The molecule has 2 saturated heterocycles. The SMILES string of the molecule is O=C(CCc1cc(Cl)no1)N1C[C@@H](CN2CCOCC2)[C@@H](CO)C1. The van der Waals surface area contributed by atoms with Crippen LogP contribution in [-0.2, 0) is 16.0 Å². The molecule has 2 aliphatic heterocycles. The summed E-state index contributed by atoms with van der Waals surface area (Å²) in [4.78, 5) is 16.7. The van der Waals surface area contributed by atoms with Gasteiger partial charge in [-0.1, -0.05) is 16.8 Å². The number of halogens is 1. The van der Waals surface area contributed by atoms with Gasteiger partial charge in [0, 0.05) is 64.2 Å². The van der Waals surface area contributed by atoms with Crippen LogP contribution in [0.1, 0.15) is 12.2 Å². The van der Waals surface area contributed by atoms with Gasteiger partial charge in [0.2, 0.25) is 5.91 Å². The second-order valence-electron chi connectivity index (χ2n) is 6.53. The Labute approximate surface area is 146 Å². The van der Waals surface area contributed by atoms with Crippen molar-refractivity contribution in [3.05, 3.63) is 17.0 Å². The number of amides is 1. The van der Waals surface area contributed by atoms with Crippen LogP contribution in [0.5, 0.6) is 0 Å². The van der Waals surface area contributed by atoms with E-state index in [4.69, 9.17) is 20.9 Å². The van der Waals surface area contributed by atoms with E-state index in [2.05, 4.69) is 10.1 Å². The smallest absolute Gasteiger partial charge is 0.223 e. The standard InChI is InChI=1S/C16H24ClN3O4/c17-15-7-14(24-18-15)1-2-16(22)20-9-12(13(10-20)11-21)8-19-3-5-23-6-4-19/h7,12-13,21H,1-6,8-11H2/t12-,13-/m1/s1. The maximum atomic E-state index is 12.4. The average Bonchev–Trinajstić information content (AvgIpc) is 3.19. The van der Waals surface area contributed by atoms with Crippen molar-refractivity contribution in [2.45, 2.75) is 12.8 Å². The largest absolute Gasteiger partial charge is 0.396 e. The molecule has 1 aromatic heterocycles. The number of hydrogen-bond donors (Lipinski definition) is 1. The molecule has 2 fully saturated rings. The molecule has 1 N–H and O–H groups in total. The first-order valence-corrected chi connectivity index (χ1v) is 8.83. The Morgan fingerprint density at radius 3 is 2.75 bits per heavy atom. The fourth-order valence-electron chi connectivity index (χ4n) is 3.47. The summed E-state index contributed by atoms with van der Waals surface area (Å²) < 4.78 is 10.4. The Kier molecular flexibility index (Phi) is 6.10. The third-order valence-electron chi connectivity index (χ3n) is 4.88. The zero-order chi connectivity index (χ0) is 16.9. The van der Waals surface area contributed by atoms with Crippen LogP contribution in [0, 0.1) is 11.8 Å². The number of aliphatic hydroxyl groups excluding tert-OH is 1. The molecule has 1 amide bonds. The van der Waals surface area contributed by atoms with E-state index in [1.807, 2.05) is 4.90 Å². The van der Waals surface area contributed by atoms with Crippen LogP contribution in [0.15, 0.2) is 10.6 Å². The topological polar surface area (TPSA) is 79.0 Å². The molecule has 2 atom stereocenters. The number of aromatic nitrogens is 1. The number of nitrogens with zero attached hydrogens (tertiary/aromatic N) is 3. The van der Waals surface area contributed by atoms with Gasteiger partial charge in [-0.3, -0.25) is 9.69 Å². The van der Waals surface area contributed by atoms with E-state index in [1.54, 1.807) is 6.07 Å². The molecule has 0 saturated carbocycles. The van der Waals surface area contributed by atoms with Crippen molar-refractivity contribution in [3.8, 4) is 0 Å². The van der Waals surface area contributed by atoms with Crippen LogP contribution >= 0.6 is 11.6 Å². The highest BCUT2D eigenvalue weighted by atomic mass is 35.5. The maximum Gasteiger partial charge on any atom is 0.223 e. The minimum Gasteiger partial charge on any atom is -0.396 e. The lowest BCUT2D eigenvalue weighted by molar-refractivity contribution is -0.130. The summed E-state index contributed by atoms with van der Waals surface area (Å²) in [6, 6.07) is 1.64. The van der Waals surface area contributed by atoms with Crippen molar-refractivity contribution in [2.24, 2.45) is 11.8 Å². The van der Waals surface area contributed by atoms with Gasteiger partial charge in [-0.15, -0.1) is 0 Å². The molecule has 3 rings (SSSR count). The molecule has 0 aliphatic carbocycles. The number of morpholine rings is 1. The Hall–Kier alpha value is -1.15. The van der Waals surface area contributed by atoms with Crippen molar-refractivity contribution < 1.29 is 19.2 Å². The number of carbonyl (C=O) groups is 1. The molecule has 0 unspecified atom stereocenters. The first kappa shape index (κ1) is 17.7. The molecule has 24 heavy (non-hydrogen) atoms. The highest BCUT2D eigenvalue weighted by molar-refractivity contribution is 6.29. The van der Waals surface area contributed by atoms with Gasteiger partial charge in [-0.05, 0) is 5.92 Å². The molecular weight excluding hydrogens is 334 g/mol. The van der Waals surface area contributed by atoms with E-state index in [0.717, 1.165) is 32.8 Å². The quantitative estimate of drug-likeness (QED) is 0.805. The first-order valence-electron chi connectivity index (χ1n) is 8.45. The molecule has 0 aromatic carbocycles. The van der Waals surface area contributed by atoms with E-state index in [9.17, 15) is 9.90 Å². The Balaban J connectivity index is 1.49. The van der Waals surface area contributed by atoms with E-state index in [0.29, 0.717) is 42.8 Å². The molecule has 1 aromatic rings. The molecule has 0 radical (unpaired) electrons. The Bertz CT molecular complexity index is 547. The van der Waals surface area contributed by atoms with Gasteiger partial charge in [-0.25, -0.2) is 0 Å². The molecule has 0 bridgehead atoms. The number of hydrogen-bond acceptors (Lipinski definition) is 6. The van der Waals surface area contributed by atoms with Crippen molar-refractivity contribution >= 4 is 17.5 Å². The van der Waals surface area contributed by atoms with Gasteiger partial charge in [-0.2, -0.15) is 0 Å². The van der Waals surface area contributed by atoms with Crippen molar-refractivity contribution in [3.63, 3.8) is 0 Å². The van der Waals surface area contributed by atoms with E-state index >= 15 is 0 Å².